The first-order valence-corrected chi connectivity index (χ1v) is 9.20. The molecule has 3 rings (SSSR count). The van der Waals surface area contributed by atoms with Gasteiger partial charge in [-0.15, -0.1) is 0 Å². The largest absolute Gasteiger partial charge is 0.458 e. The van der Waals surface area contributed by atoms with Gasteiger partial charge in [-0.25, -0.2) is 13.6 Å². The van der Waals surface area contributed by atoms with E-state index in [9.17, 15) is 18.4 Å². The Labute approximate surface area is 168 Å². The zero-order valence-corrected chi connectivity index (χ0v) is 16.0. The zero-order chi connectivity index (χ0) is 21.0. The normalized spacial score (nSPS) is 16.7. The summed E-state index contributed by atoms with van der Waals surface area (Å²) in [6.07, 6.45) is 1.39. The number of allylic oxidation sites excluding steroid dienone is 1. The number of carbonyl (C=O) groups excluding carboxylic acids is 2. The van der Waals surface area contributed by atoms with Gasteiger partial charge in [0.15, 0.2) is 0 Å². The number of rotatable bonds is 6. The van der Waals surface area contributed by atoms with Gasteiger partial charge in [0.1, 0.15) is 18.2 Å². The molecule has 0 saturated heterocycles. The fourth-order valence-electron chi connectivity index (χ4n) is 3.49. The number of nitrogens with zero attached hydrogens (tertiary/aromatic N) is 1. The number of carbonyl (C=O) groups is 2. The topological polar surface area (TPSA) is 46.6 Å². The average molecular weight is 397 g/mol. The van der Waals surface area contributed by atoms with E-state index in [2.05, 4.69) is 6.58 Å². The van der Waals surface area contributed by atoms with Crippen molar-refractivity contribution in [2.45, 2.75) is 25.8 Å². The first-order valence-electron chi connectivity index (χ1n) is 9.20. The maximum atomic E-state index is 14.1. The number of hydrogen-bond acceptors (Lipinski definition) is 3. The van der Waals surface area contributed by atoms with E-state index in [-0.39, 0.29) is 31.1 Å². The van der Waals surface area contributed by atoms with E-state index in [1.807, 2.05) is 0 Å². The van der Waals surface area contributed by atoms with Crippen molar-refractivity contribution in [1.29, 1.82) is 0 Å². The minimum atomic E-state index is -0.646. The highest BCUT2D eigenvalue weighted by Gasteiger charge is 2.37. The molecule has 1 aliphatic heterocycles. The predicted molar refractivity (Wildman–Crippen MR) is 105 cm³/mol. The molecule has 1 heterocycles. The zero-order valence-electron chi connectivity index (χ0n) is 16.0. The van der Waals surface area contributed by atoms with Crippen molar-refractivity contribution in [1.82, 2.24) is 4.90 Å². The van der Waals surface area contributed by atoms with Crippen LogP contribution in [0.25, 0.3) is 0 Å². The van der Waals surface area contributed by atoms with Crippen LogP contribution in [0.2, 0.25) is 0 Å². The first-order chi connectivity index (χ1) is 13.9. The number of benzene rings is 2. The van der Waals surface area contributed by atoms with Gasteiger partial charge in [-0.1, -0.05) is 43.0 Å². The molecule has 1 atom stereocenters. The second kappa shape index (κ2) is 8.82. The number of halogens is 2. The van der Waals surface area contributed by atoms with E-state index in [1.165, 1.54) is 35.2 Å². The lowest BCUT2D eigenvalue weighted by atomic mass is 9.83. The molecule has 150 valence electrons. The number of hydrogen-bond donors (Lipinski definition) is 0. The molecular weight excluding hydrogens is 376 g/mol. The second-order valence-corrected chi connectivity index (χ2v) is 6.77. The highest BCUT2D eigenvalue weighted by Crippen LogP contribution is 2.38. The minimum Gasteiger partial charge on any atom is -0.458 e. The van der Waals surface area contributed by atoms with Crippen LogP contribution < -0.4 is 0 Å². The van der Waals surface area contributed by atoms with Crippen molar-refractivity contribution >= 4 is 11.9 Å². The molecule has 0 N–H and O–H groups in total. The molecule has 29 heavy (non-hydrogen) atoms. The van der Waals surface area contributed by atoms with Crippen LogP contribution in [0.15, 0.2) is 72.5 Å². The molecule has 6 heteroatoms. The van der Waals surface area contributed by atoms with E-state index in [0.29, 0.717) is 16.8 Å². The molecule has 2 aromatic carbocycles. The third-order valence-electron chi connectivity index (χ3n) is 4.91. The van der Waals surface area contributed by atoms with Crippen LogP contribution in [0.5, 0.6) is 0 Å². The third-order valence-corrected chi connectivity index (χ3v) is 4.91. The summed E-state index contributed by atoms with van der Waals surface area (Å²) in [5.74, 6) is -2.42. The molecule has 1 aliphatic rings. The average Bonchev–Trinajstić information content (AvgIpc) is 2.70. The Kier molecular flexibility index (Phi) is 6.22. The highest BCUT2D eigenvalue weighted by molar-refractivity contribution is 5.95. The summed E-state index contributed by atoms with van der Waals surface area (Å²) in [6, 6.07) is 12.0. The molecule has 0 fully saturated rings. The van der Waals surface area contributed by atoms with E-state index in [1.54, 1.807) is 31.2 Å². The molecule has 4 nitrogen and oxygen atoms in total. The van der Waals surface area contributed by atoms with Crippen LogP contribution in [-0.2, 0) is 20.9 Å². The van der Waals surface area contributed by atoms with Crippen molar-refractivity contribution in [3.8, 4) is 0 Å². The van der Waals surface area contributed by atoms with E-state index >= 15 is 0 Å². The predicted octanol–water partition coefficient (Wildman–Crippen LogP) is 4.48. The summed E-state index contributed by atoms with van der Waals surface area (Å²) in [4.78, 5) is 27.0. The Hall–Kier alpha value is -3.28. The lowest BCUT2D eigenvalue weighted by Gasteiger charge is -2.34. The molecule has 1 amide bonds. The summed E-state index contributed by atoms with van der Waals surface area (Å²) in [7, 11) is 0. The van der Waals surface area contributed by atoms with Crippen LogP contribution in [0.1, 0.15) is 30.4 Å². The fraction of sp³-hybridized carbons (Fsp3) is 0.217. The molecule has 0 spiro atoms. The molecular formula is C23H21F2NO3. The SMILES string of the molecule is C=CCOC(=O)C1=C(C)N(Cc2ccccc2F)C(=O)C[C@@H]1c1cccc(F)c1. The third kappa shape index (κ3) is 4.42. The molecule has 0 bridgehead atoms. The summed E-state index contributed by atoms with van der Waals surface area (Å²) in [5.41, 5.74) is 1.47. The monoisotopic (exact) mass is 397 g/mol. The van der Waals surface area contributed by atoms with Gasteiger partial charge in [-0.3, -0.25) is 4.79 Å². The molecule has 2 aromatic rings. The standard InChI is InChI=1S/C23H21F2NO3/c1-3-11-29-23(28)22-15(2)26(14-17-7-4-5-10-20(17)25)21(27)13-19(22)16-8-6-9-18(24)12-16/h3-10,12,19H,1,11,13-14H2,2H3/t19-/m1/s1. The van der Waals surface area contributed by atoms with Crippen LogP contribution in [0.3, 0.4) is 0 Å². The van der Waals surface area contributed by atoms with Gasteiger partial charge in [0, 0.05) is 23.6 Å². The summed E-state index contributed by atoms with van der Waals surface area (Å²) in [6.45, 7) is 5.15. The second-order valence-electron chi connectivity index (χ2n) is 6.77. The van der Waals surface area contributed by atoms with Gasteiger partial charge in [0.05, 0.1) is 12.1 Å². The molecule has 0 radical (unpaired) electrons. The Morgan fingerprint density at radius 1 is 1.24 bits per heavy atom. The lowest BCUT2D eigenvalue weighted by Crippen LogP contribution is -2.38. The molecule has 0 unspecified atom stereocenters. The summed E-state index contributed by atoms with van der Waals surface area (Å²) < 4.78 is 33.1. The maximum absolute atomic E-state index is 14.1. The van der Waals surface area contributed by atoms with Crippen molar-refractivity contribution < 1.29 is 23.1 Å². The Balaban J connectivity index is 2.04. The van der Waals surface area contributed by atoms with Crippen molar-refractivity contribution in [2.24, 2.45) is 0 Å². The molecule has 0 aromatic heterocycles. The fourth-order valence-corrected chi connectivity index (χ4v) is 3.49. The van der Waals surface area contributed by atoms with Gasteiger partial charge in [-0.2, -0.15) is 0 Å². The maximum Gasteiger partial charge on any atom is 0.336 e. The van der Waals surface area contributed by atoms with Gasteiger partial charge < -0.3 is 9.64 Å². The minimum absolute atomic E-state index is 0.00669. The highest BCUT2D eigenvalue weighted by atomic mass is 19.1. The van der Waals surface area contributed by atoms with Crippen LogP contribution in [0.4, 0.5) is 8.78 Å². The van der Waals surface area contributed by atoms with Gasteiger partial charge in [0.2, 0.25) is 5.91 Å². The van der Waals surface area contributed by atoms with E-state index < -0.39 is 23.5 Å². The van der Waals surface area contributed by atoms with Gasteiger partial charge in [-0.05, 0) is 30.7 Å². The number of ether oxygens (including phenoxy) is 1. The summed E-state index contributed by atoms with van der Waals surface area (Å²) >= 11 is 0. The van der Waals surface area contributed by atoms with Gasteiger partial charge >= 0.3 is 5.97 Å². The Bertz CT molecular complexity index is 984. The van der Waals surface area contributed by atoms with E-state index in [0.717, 1.165) is 0 Å². The summed E-state index contributed by atoms with van der Waals surface area (Å²) in [5, 5.41) is 0. The lowest BCUT2D eigenvalue weighted by molar-refractivity contribution is -0.139. The van der Waals surface area contributed by atoms with Crippen molar-refractivity contribution in [3.05, 3.63) is 95.2 Å². The smallest absolute Gasteiger partial charge is 0.336 e. The van der Waals surface area contributed by atoms with Gasteiger partial charge in [0.25, 0.3) is 0 Å². The van der Waals surface area contributed by atoms with Crippen molar-refractivity contribution in [2.75, 3.05) is 6.61 Å². The van der Waals surface area contributed by atoms with Crippen LogP contribution in [0, 0.1) is 11.6 Å². The Morgan fingerprint density at radius 2 is 2.00 bits per heavy atom. The Morgan fingerprint density at radius 3 is 2.69 bits per heavy atom. The molecule has 0 saturated carbocycles. The van der Waals surface area contributed by atoms with Crippen molar-refractivity contribution in [3.63, 3.8) is 0 Å². The molecule has 0 aliphatic carbocycles. The van der Waals surface area contributed by atoms with E-state index in [4.69, 9.17) is 4.74 Å². The van der Waals surface area contributed by atoms with Crippen LogP contribution in [-0.4, -0.2) is 23.4 Å². The quantitative estimate of drug-likeness (QED) is 0.533. The number of esters is 1. The number of amides is 1. The first kappa shape index (κ1) is 20.5. The van der Waals surface area contributed by atoms with Crippen LogP contribution >= 0.6 is 0 Å².